The lowest BCUT2D eigenvalue weighted by Gasteiger charge is -2.05. The number of amides is 3. The number of carbonyl (C=O) groups excluding carboxylic acids is 2. The number of hydrogen-bond acceptors (Lipinski definition) is 3. The van der Waals surface area contributed by atoms with Crippen molar-refractivity contribution in [1.82, 2.24) is 5.32 Å². The predicted octanol–water partition coefficient (Wildman–Crippen LogP) is 1.70. The van der Waals surface area contributed by atoms with Crippen LogP contribution in [0.2, 0.25) is 0 Å². The Morgan fingerprint density at radius 3 is 2.85 bits per heavy atom. The first-order valence-electron chi connectivity index (χ1n) is 6.02. The number of halogens is 1. The number of aliphatic hydroxyl groups is 1. The second-order valence-corrected chi connectivity index (χ2v) is 4.11. The second kappa shape index (κ2) is 8.97. The van der Waals surface area contributed by atoms with Crippen LogP contribution in [0.15, 0.2) is 24.3 Å². The van der Waals surface area contributed by atoms with Crippen LogP contribution in [0, 0.1) is 11.8 Å². The zero-order chi connectivity index (χ0) is 14.8. The van der Waals surface area contributed by atoms with Gasteiger partial charge < -0.3 is 10.4 Å². The van der Waals surface area contributed by atoms with E-state index in [-0.39, 0.29) is 12.5 Å². The number of imide groups is 1. The van der Waals surface area contributed by atoms with E-state index in [2.05, 4.69) is 22.5 Å². The van der Waals surface area contributed by atoms with Crippen LogP contribution in [0.1, 0.15) is 18.4 Å². The molecule has 0 saturated carbocycles. The summed E-state index contributed by atoms with van der Waals surface area (Å²) in [5, 5.41) is 13.2. The first kappa shape index (κ1) is 16.0. The van der Waals surface area contributed by atoms with E-state index >= 15 is 0 Å². The van der Waals surface area contributed by atoms with E-state index in [1.807, 2.05) is 0 Å². The average Bonchev–Trinajstić information content (AvgIpc) is 2.43. The van der Waals surface area contributed by atoms with Gasteiger partial charge in [0.15, 0.2) is 0 Å². The molecule has 0 aromatic heterocycles. The van der Waals surface area contributed by atoms with Crippen LogP contribution in [-0.2, 0) is 4.79 Å². The van der Waals surface area contributed by atoms with Crippen molar-refractivity contribution >= 4 is 29.2 Å². The van der Waals surface area contributed by atoms with Crippen LogP contribution in [0.3, 0.4) is 0 Å². The Labute approximate surface area is 122 Å². The van der Waals surface area contributed by atoms with Crippen molar-refractivity contribution in [3.63, 3.8) is 0 Å². The minimum Gasteiger partial charge on any atom is -0.396 e. The van der Waals surface area contributed by atoms with Crippen LogP contribution in [-0.4, -0.2) is 29.5 Å². The van der Waals surface area contributed by atoms with E-state index in [9.17, 15) is 9.59 Å². The van der Waals surface area contributed by atoms with Crippen LogP contribution in [0.5, 0.6) is 0 Å². The number of aliphatic hydroxyl groups excluding tert-OH is 1. The van der Waals surface area contributed by atoms with E-state index in [0.717, 1.165) is 5.56 Å². The number of hydrogen-bond donors (Lipinski definition) is 3. The van der Waals surface area contributed by atoms with E-state index in [4.69, 9.17) is 16.7 Å². The van der Waals surface area contributed by atoms with Crippen molar-refractivity contribution in [2.24, 2.45) is 0 Å². The van der Waals surface area contributed by atoms with Gasteiger partial charge in [-0.25, -0.2) is 4.79 Å². The average molecular weight is 295 g/mol. The summed E-state index contributed by atoms with van der Waals surface area (Å²) < 4.78 is 0. The molecule has 0 radical (unpaired) electrons. The molecule has 1 aromatic rings. The molecule has 1 rings (SSSR count). The van der Waals surface area contributed by atoms with Crippen molar-refractivity contribution in [3.05, 3.63) is 29.8 Å². The summed E-state index contributed by atoms with van der Waals surface area (Å²) in [5.41, 5.74) is 1.27. The van der Waals surface area contributed by atoms with E-state index < -0.39 is 11.9 Å². The molecule has 0 aliphatic carbocycles. The largest absolute Gasteiger partial charge is 0.396 e. The number of unbranched alkanes of at least 4 members (excludes halogenated alkanes) is 1. The zero-order valence-corrected chi connectivity index (χ0v) is 11.5. The van der Waals surface area contributed by atoms with Crippen molar-refractivity contribution in [1.29, 1.82) is 0 Å². The van der Waals surface area contributed by atoms with Crippen LogP contribution in [0.4, 0.5) is 10.5 Å². The lowest BCUT2D eigenvalue weighted by atomic mass is 10.2. The summed E-state index contributed by atoms with van der Waals surface area (Å²) in [4.78, 5) is 22.4. The first-order valence-corrected chi connectivity index (χ1v) is 6.55. The van der Waals surface area contributed by atoms with Crippen molar-refractivity contribution < 1.29 is 14.7 Å². The van der Waals surface area contributed by atoms with Crippen molar-refractivity contribution in [2.45, 2.75) is 12.8 Å². The number of benzene rings is 1. The van der Waals surface area contributed by atoms with Gasteiger partial charge in [0.25, 0.3) is 0 Å². The zero-order valence-electron chi connectivity index (χ0n) is 10.8. The molecule has 3 amide bonds. The van der Waals surface area contributed by atoms with E-state index in [0.29, 0.717) is 18.5 Å². The molecular formula is C14H15ClN2O3. The third-order valence-electron chi connectivity index (χ3n) is 2.19. The molecular weight excluding hydrogens is 280 g/mol. The number of urea groups is 1. The van der Waals surface area contributed by atoms with Gasteiger partial charge in [-0.15, -0.1) is 11.6 Å². The number of anilines is 1. The Morgan fingerprint density at radius 2 is 2.15 bits per heavy atom. The Bertz CT molecular complexity index is 535. The topological polar surface area (TPSA) is 78.4 Å². The quantitative estimate of drug-likeness (QED) is 0.449. The molecule has 0 unspecified atom stereocenters. The van der Waals surface area contributed by atoms with Gasteiger partial charge in [0.05, 0.1) is 0 Å². The standard InChI is InChI=1S/C14H15ClN2O3/c15-10-13(19)17-14(20)16-12-7-4-6-11(9-12)5-2-1-3-8-18/h4,6-7,9,18H,1,3,8,10H2,(H2,16,17,19,20). The molecule has 106 valence electrons. The van der Waals surface area contributed by atoms with Gasteiger partial charge in [0, 0.05) is 24.3 Å². The Hall–Kier alpha value is -2.03. The molecule has 0 aliphatic rings. The molecule has 20 heavy (non-hydrogen) atoms. The highest BCUT2D eigenvalue weighted by Crippen LogP contribution is 2.09. The maximum atomic E-state index is 11.4. The molecule has 0 aliphatic heterocycles. The minimum atomic E-state index is -0.638. The van der Waals surface area contributed by atoms with E-state index in [1.54, 1.807) is 24.3 Å². The fraction of sp³-hybridized carbons (Fsp3) is 0.286. The summed E-state index contributed by atoms with van der Waals surface area (Å²) in [6.07, 6.45) is 1.24. The molecule has 0 heterocycles. The first-order chi connectivity index (χ1) is 9.65. The fourth-order valence-corrected chi connectivity index (χ4v) is 1.40. The number of carbonyl (C=O) groups is 2. The molecule has 0 spiro atoms. The van der Waals surface area contributed by atoms with Crippen LogP contribution >= 0.6 is 11.6 Å². The summed E-state index contributed by atoms with van der Waals surface area (Å²) in [7, 11) is 0. The summed E-state index contributed by atoms with van der Waals surface area (Å²) in [6.45, 7) is 0.116. The fourth-order valence-electron chi connectivity index (χ4n) is 1.33. The molecule has 3 N–H and O–H groups in total. The third kappa shape index (κ3) is 6.23. The lowest BCUT2D eigenvalue weighted by Crippen LogP contribution is -2.35. The second-order valence-electron chi connectivity index (χ2n) is 3.85. The maximum Gasteiger partial charge on any atom is 0.325 e. The molecule has 5 nitrogen and oxygen atoms in total. The molecule has 6 heteroatoms. The van der Waals surface area contributed by atoms with Gasteiger partial charge in [-0.2, -0.15) is 0 Å². The smallest absolute Gasteiger partial charge is 0.325 e. The van der Waals surface area contributed by atoms with E-state index in [1.165, 1.54) is 0 Å². The van der Waals surface area contributed by atoms with Crippen LogP contribution in [0.25, 0.3) is 0 Å². The normalized spacial score (nSPS) is 9.30. The Morgan fingerprint density at radius 1 is 1.35 bits per heavy atom. The summed E-state index contributed by atoms with van der Waals surface area (Å²) >= 11 is 5.28. The number of nitrogens with one attached hydrogen (secondary N) is 2. The van der Waals surface area contributed by atoms with Gasteiger partial charge in [-0.05, 0) is 24.6 Å². The minimum absolute atomic E-state index is 0.116. The summed E-state index contributed by atoms with van der Waals surface area (Å²) in [5.74, 6) is 5.00. The third-order valence-corrected chi connectivity index (χ3v) is 2.43. The highest BCUT2D eigenvalue weighted by Gasteiger charge is 2.06. The van der Waals surface area contributed by atoms with Gasteiger partial charge in [0.1, 0.15) is 5.88 Å². The predicted molar refractivity (Wildman–Crippen MR) is 77.5 cm³/mol. The van der Waals surface area contributed by atoms with Gasteiger partial charge in [-0.1, -0.05) is 17.9 Å². The Kier molecular flexibility index (Phi) is 7.18. The SMILES string of the molecule is O=C(CCl)NC(=O)Nc1cccc(C#CCCCO)c1. The van der Waals surface area contributed by atoms with Gasteiger partial charge >= 0.3 is 6.03 Å². The summed E-state index contributed by atoms with van der Waals surface area (Å²) in [6, 6.07) is 6.29. The monoisotopic (exact) mass is 294 g/mol. The molecule has 0 saturated heterocycles. The van der Waals surface area contributed by atoms with Gasteiger partial charge in [-0.3, -0.25) is 10.1 Å². The highest BCUT2D eigenvalue weighted by molar-refractivity contribution is 6.28. The van der Waals surface area contributed by atoms with Crippen molar-refractivity contribution in [2.75, 3.05) is 17.8 Å². The molecule has 0 bridgehead atoms. The molecule has 0 atom stereocenters. The molecule has 0 fully saturated rings. The molecule has 1 aromatic carbocycles. The van der Waals surface area contributed by atoms with Crippen molar-refractivity contribution in [3.8, 4) is 11.8 Å². The number of rotatable bonds is 4. The highest BCUT2D eigenvalue weighted by atomic mass is 35.5. The van der Waals surface area contributed by atoms with Gasteiger partial charge in [0.2, 0.25) is 5.91 Å². The Balaban J connectivity index is 2.60. The number of alkyl halides is 1. The van der Waals surface area contributed by atoms with Crippen LogP contribution < -0.4 is 10.6 Å². The maximum absolute atomic E-state index is 11.4. The lowest BCUT2D eigenvalue weighted by molar-refractivity contribution is -0.117.